The Morgan fingerprint density at radius 2 is 1.90 bits per heavy atom. The molecule has 4 nitrogen and oxygen atoms in total. The van der Waals surface area contributed by atoms with Crippen LogP contribution >= 0.6 is 11.6 Å². The van der Waals surface area contributed by atoms with Crippen molar-refractivity contribution in [1.82, 2.24) is 9.97 Å². The highest BCUT2D eigenvalue weighted by Gasteiger charge is 2.07. The summed E-state index contributed by atoms with van der Waals surface area (Å²) in [6, 6.07) is 13.4. The molecule has 0 amide bonds. The number of benzene rings is 2. The third kappa shape index (κ3) is 2.38. The summed E-state index contributed by atoms with van der Waals surface area (Å²) in [6.45, 7) is 2.01. The van der Waals surface area contributed by atoms with E-state index in [4.69, 9.17) is 17.3 Å². The van der Waals surface area contributed by atoms with Crippen LogP contribution in [0.25, 0.3) is 10.9 Å². The molecule has 0 spiro atoms. The second kappa shape index (κ2) is 4.98. The van der Waals surface area contributed by atoms with Crippen LogP contribution in [-0.4, -0.2) is 9.97 Å². The van der Waals surface area contributed by atoms with Crippen molar-refractivity contribution in [1.29, 1.82) is 0 Å². The Hall–Kier alpha value is -2.33. The fraction of sp³-hybridized carbons (Fsp3) is 0.0667. The quantitative estimate of drug-likeness (QED) is 0.749. The minimum Gasteiger partial charge on any atom is -0.368 e. The summed E-state index contributed by atoms with van der Waals surface area (Å²) in [5, 5.41) is 4.87. The molecule has 0 fully saturated rings. The number of hydrogen-bond acceptors (Lipinski definition) is 4. The van der Waals surface area contributed by atoms with Gasteiger partial charge < -0.3 is 11.1 Å². The highest BCUT2D eigenvalue weighted by molar-refractivity contribution is 6.30. The van der Waals surface area contributed by atoms with Crippen LogP contribution in [0.2, 0.25) is 5.02 Å². The molecule has 3 rings (SSSR count). The summed E-state index contributed by atoms with van der Waals surface area (Å²) < 4.78 is 0. The molecule has 20 heavy (non-hydrogen) atoms. The van der Waals surface area contributed by atoms with Gasteiger partial charge in [0.1, 0.15) is 5.82 Å². The number of hydrogen-bond donors (Lipinski definition) is 2. The molecule has 0 saturated carbocycles. The van der Waals surface area contributed by atoms with Crippen molar-refractivity contribution in [2.45, 2.75) is 6.92 Å². The van der Waals surface area contributed by atoms with E-state index < -0.39 is 0 Å². The second-order valence-electron chi connectivity index (χ2n) is 4.53. The summed E-state index contributed by atoms with van der Waals surface area (Å²) in [4.78, 5) is 8.50. The molecular formula is C15H13ClN4. The molecule has 0 saturated heterocycles. The van der Waals surface area contributed by atoms with E-state index in [1.54, 1.807) is 0 Å². The zero-order chi connectivity index (χ0) is 14.1. The van der Waals surface area contributed by atoms with Crippen molar-refractivity contribution >= 4 is 40.0 Å². The zero-order valence-corrected chi connectivity index (χ0v) is 11.6. The first kappa shape index (κ1) is 12.7. The van der Waals surface area contributed by atoms with Crippen LogP contribution in [0, 0.1) is 6.92 Å². The molecule has 1 aromatic heterocycles. The van der Waals surface area contributed by atoms with Gasteiger partial charge in [-0.25, -0.2) is 4.98 Å². The maximum absolute atomic E-state index is 6.04. The average Bonchev–Trinajstić information content (AvgIpc) is 2.43. The van der Waals surface area contributed by atoms with Gasteiger partial charge in [0, 0.05) is 16.1 Å². The van der Waals surface area contributed by atoms with E-state index in [2.05, 4.69) is 15.3 Å². The normalized spacial score (nSPS) is 10.7. The lowest BCUT2D eigenvalue weighted by Crippen LogP contribution is -2.02. The van der Waals surface area contributed by atoms with Gasteiger partial charge in [0.05, 0.1) is 5.52 Å². The first-order chi connectivity index (χ1) is 9.63. The molecule has 0 radical (unpaired) electrons. The molecule has 0 aliphatic rings. The van der Waals surface area contributed by atoms with Gasteiger partial charge in [0.15, 0.2) is 0 Å². The Bertz CT molecular complexity index is 786. The fourth-order valence-electron chi connectivity index (χ4n) is 2.05. The third-order valence-corrected chi connectivity index (χ3v) is 3.31. The molecular weight excluding hydrogens is 272 g/mol. The van der Waals surface area contributed by atoms with E-state index >= 15 is 0 Å². The minimum atomic E-state index is 0.242. The Morgan fingerprint density at radius 3 is 2.75 bits per heavy atom. The van der Waals surface area contributed by atoms with Gasteiger partial charge in [-0.1, -0.05) is 29.8 Å². The van der Waals surface area contributed by atoms with Gasteiger partial charge in [-0.05, 0) is 36.8 Å². The van der Waals surface area contributed by atoms with E-state index in [1.165, 1.54) is 0 Å². The highest BCUT2D eigenvalue weighted by atomic mass is 35.5. The lowest BCUT2D eigenvalue weighted by Gasteiger charge is -2.11. The van der Waals surface area contributed by atoms with Gasteiger partial charge in [-0.2, -0.15) is 4.98 Å². The van der Waals surface area contributed by atoms with Crippen molar-refractivity contribution < 1.29 is 0 Å². The molecule has 3 N–H and O–H groups in total. The Labute approximate surface area is 121 Å². The van der Waals surface area contributed by atoms with Crippen LogP contribution in [0.3, 0.4) is 0 Å². The van der Waals surface area contributed by atoms with Crippen LogP contribution in [0.1, 0.15) is 5.56 Å². The number of fused-ring (bicyclic) bond motifs is 1. The lowest BCUT2D eigenvalue weighted by molar-refractivity contribution is 1.23. The summed E-state index contributed by atoms with van der Waals surface area (Å²) in [6.07, 6.45) is 0. The number of rotatable bonds is 2. The highest BCUT2D eigenvalue weighted by Crippen LogP contribution is 2.27. The zero-order valence-electron chi connectivity index (χ0n) is 10.9. The van der Waals surface area contributed by atoms with Crippen LogP contribution in [0.4, 0.5) is 17.5 Å². The van der Waals surface area contributed by atoms with E-state index in [9.17, 15) is 0 Å². The number of halogens is 1. The first-order valence-electron chi connectivity index (χ1n) is 6.19. The van der Waals surface area contributed by atoms with E-state index in [1.807, 2.05) is 49.4 Å². The maximum atomic E-state index is 6.04. The molecule has 3 aromatic rings. The lowest BCUT2D eigenvalue weighted by atomic mass is 10.2. The molecule has 0 atom stereocenters. The predicted molar refractivity (Wildman–Crippen MR) is 83.4 cm³/mol. The molecule has 0 unspecified atom stereocenters. The van der Waals surface area contributed by atoms with Crippen LogP contribution in [-0.2, 0) is 0 Å². The fourth-order valence-corrected chi connectivity index (χ4v) is 2.22. The molecule has 100 valence electrons. The van der Waals surface area contributed by atoms with Crippen molar-refractivity contribution in [3.8, 4) is 0 Å². The molecule has 0 aliphatic heterocycles. The van der Waals surface area contributed by atoms with Gasteiger partial charge in [0.2, 0.25) is 5.95 Å². The van der Waals surface area contributed by atoms with Crippen molar-refractivity contribution in [2.75, 3.05) is 11.1 Å². The van der Waals surface area contributed by atoms with Crippen LogP contribution < -0.4 is 11.1 Å². The maximum Gasteiger partial charge on any atom is 0.222 e. The number of nitrogens with one attached hydrogen (secondary N) is 1. The number of aromatic nitrogens is 2. The molecule has 0 bridgehead atoms. The van der Waals surface area contributed by atoms with Crippen molar-refractivity contribution in [3.63, 3.8) is 0 Å². The smallest absolute Gasteiger partial charge is 0.222 e. The van der Waals surface area contributed by atoms with E-state index in [-0.39, 0.29) is 5.95 Å². The van der Waals surface area contributed by atoms with Gasteiger partial charge in [0.25, 0.3) is 0 Å². The number of para-hydroxylation sites is 1. The predicted octanol–water partition coefficient (Wildman–Crippen LogP) is 3.92. The topological polar surface area (TPSA) is 63.8 Å². The number of nitrogens with zero attached hydrogens (tertiary/aromatic N) is 2. The number of nitrogens with two attached hydrogens (primary N) is 1. The average molecular weight is 285 g/mol. The van der Waals surface area contributed by atoms with Crippen LogP contribution in [0.5, 0.6) is 0 Å². The van der Waals surface area contributed by atoms with Crippen LogP contribution in [0.15, 0.2) is 42.5 Å². The number of anilines is 3. The van der Waals surface area contributed by atoms with Gasteiger partial charge in [-0.15, -0.1) is 0 Å². The molecule has 5 heteroatoms. The third-order valence-electron chi connectivity index (χ3n) is 3.07. The Kier molecular flexibility index (Phi) is 3.16. The monoisotopic (exact) mass is 284 g/mol. The molecule has 0 aliphatic carbocycles. The van der Waals surface area contributed by atoms with E-state index in [0.717, 1.165) is 22.2 Å². The SMILES string of the molecule is Cc1ccc(Cl)cc1Nc1nc(N)nc2ccccc12. The second-order valence-corrected chi connectivity index (χ2v) is 4.97. The van der Waals surface area contributed by atoms with E-state index in [0.29, 0.717) is 10.8 Å². The number of nitrogen functional groups attached to an aromatic ring is 1. The summed E-state index contributed by atoms with van der Waals surface area (Å²) in [5.41, 5.74) is 8.55. The summed E-state index contributed by atoms with van der Waals surface area (Å²) in [5.74, 6) is 0.921. The first-order valence-corrected chi connectivity index (χ1v) is 6.57. The summed E-state index contributed by atoms with van der Waals surface area (Å²) >= 11 is 6.04. The van der Waals surface area contributed by atoms with Crippen molar-refractivity contribution in [3.05, 3.63) is 53.1 Å². The minimum absolute atomic E-state index is 0.242. The Balaban J connectivity index is 2.13. The molecule has 2 aromatic carbocycles. The van der Waals surface area contributed by atoms with Crippen molar-refractivity contribution in [2.24, 2.45) is 0 Å². The van der Waals surface area contributed by atoms with Gasteiger partial charge in [-0.3, -0.25) is 0 Å². The number of aryl methyl sites for hydroxylation is 1. The summed E-state index contributed by atoms with van der Waals surface area (Å²) in [7, 11) is 0. The largest absolute Gasteiger partial charge is 0.368 e. The van der Waals surface area contributed by atoms with Gasteiger partial charge >= 0.3 is 0 Å². The molecule has 1 heterocycles. The Morgan fingerprint density at radius 1 is 1.10 bits per heavy atom. The standard InChI is InChI=1S/C15H13ClN4/c1-9-6-7-10(16)8-13(9)18-14-11-4-2-3-5-12(11)19-15(17)20-14/h2-8H,1H3,(H3,17,18,19,20).